The highest BCUT2D eigenvalue weighted by Crippen LogP contribution is 2.24. The third-order valence-corrected chi connectivity index (χ3v) is 2.34. The number of carbonyl (C=O) groups is 1. The van der Waals surface area contributed by atoms with Crippen molar-refractivity contribution in [2.75, 3.05) is 13.2 Å². The molecule has 0 bridgehead atoms. The molecule has 3 N–H and O–H groups in total. The summed E-state index contributed by atoms with van der Waals surface area (Å²) in [6, 6.07) is 7.07. The molecule has 0 fully saturated rings. The molecule has 0 radical (unpaired) electrons. The first-order valence-corrected chi connectivity index (χ1v) is 4.80. The van der Waals surface area contributed by atoms with E-state index in [4.69, 9.17) is 22.4 Å². The Bertz CT molecular complexity index is 343. The Morgan fingerprint density at radius 1 is 1.53 bits per heavy atom. The summed E-state index contributed by atoms with van der Waals surface area (Å²) in [6.45, 7) is -0.132. The van der Waals surface area contributed by atoms with Crippen LogP contribution in [0.15, 0.2) is 24.3 Å². The monoisotopic (exact) mass is 229 g/mol. The second-order valence-corrected chi connectivity index (χ2v) is 3.44. The fraction of sp³-hybridized carbons (Fsp3) is 0.300. The number of ether oxygens (including phenoxy) is 1. The van der Waals surface area contributed by atoms with Gasteiger partial charge in [0.05, 0.1) is 6.61 Å². The Hall–Kier alpha value is -1.26. The standard InChI is InChI=1S/C10H12ClNO3/c11-9-4-2-1-3-8(9)7(5-13)6-15-10(12)14/h1-4,7,13H,5-6H2,(H2,12,14)/t7-/m1/s1. The number of hydrogen-bond acceptors (Lipinski definition) is 3. The summed E-state index contributed by atoms with van der Waals surface area (Å²) in [5.41, 5.74) is 5.57. The maximum Gasteiger partial charge on any atom is 0.404 e. The second-order valence-electron chi connectivity index (χ2n) is 3.03. The molecule has 0 saturated carbocycles. The molecule has 0 spiro atoms. The highest BCUT2D eigenvalue weighted by molar-refractivity contribution is 6.31. The zero-order valence-electron chi connectivity index (χ0n) is 8.02. The summed E-state index contributed by atoms with van der Waals surface area (Å²) in [5, 5.41) is 9.66. The van der Waals surface area contributed by atoms with E-state index in [1.54, 1.807) is 24.3 Å². The fourth-order valence-electron chi connectivity index (χ4n) is 1.23. The van der Waals surface area contributed by atoms with Gasteiger partial charge in [0, 0.05) is 10.9 Å². The Kier molecular flexibility index (Phi) is 4.39. The first-order valence-electron chi connectivity index (χ1n) is 4.42. The number of aliphatic hydroxyl groups excluding tert-OH is 1. The average molecular weight is 230 g/mol. The number of halogens is 1. The van der Waals surface area contributed by atoms with Crippen LogP contribution in [0.3, 0.4) is 0 Å². The van der Waals surface area contributed by atoms with E-state index in [0.29, 0.717) is 5.02 Å². The molecule has 4 nitrogen and oxygen atoms in total. The largest absolute Gasteiger partial charge is 0.449 e. The van der Waals surface area contributed by atoms with Crippen molar-refractivity contribution in [3.8, 4) is 0 Å². The molecule has 1 rings (SSSR count). The van der Waals surface area contributed by atoms with Gasteiger partial charge < -0.3 is 15.6 Å². The molecule has 1 aromatic rings. The molecule has 0 aliphatic heterocycles. The lowest BCUT2D eigenvalue weighted by molar-refractivity contribution is 0.133. The maximum absolute atomic E-state index is 10.4. The van der Waals surface area contributed by atoms with Crippen LogP contribution in [0.4, 0.5) is 4.79 Å². The van der Waals surface area contributed by atoms with Gasteiger partial charge in [-0.1, -0.05) is 29.8 Å². The number of rotatable bonds is 4. The summed E-state index contributed by atoms with van der Waals surface area (Å²) in [5.74, 6) is -0.341. The normalized spacial score (nSPS) is 12.1. The van der Waals surface area contributed by atoms with Crippen molar-refractivity contribution in [2.45, 2.75) is 5.92 Å². The molecule has 1 aromatic carbocycles. The van der Waals surface area contributed by atoms with Crippen LogP contribution >= 0.6 is 11.6 Å². The number of aliphatic hydroxyl groups is 1. The summed E-state index contributed by atoms with van der Waals surface area (Å²) in [7, 11) is 0. The number of primary amides is 1. The van der Waals surface area contributed by atoms with Gasteiger partial charge in [-0.25, -0.2) is 4.79 Å². The molecule has 82 valence electrons. The van der Waals surface area contributed by atoms with Gasteiger partial charge in [-0.15, -0.1) is 0 Å². The van der Waals surface area contributed by atoms with Crippen molar-refractivity contribution in [2.24, 2.45) is 5.73 Å². The van der Waals surface area contributed by atoms with Crippen LogP contribution in [0.1, 0.15) is 11.5 Å². The Morgan fingerprint density at radius 2 is 2.20 bits per heavy atom. The summed E-state index contributed by atoms with van der Waals surface area (Å²) in [6.07, 6.45) is -0.861. The average Bonchev–Trinajstić information content (AvgIpc) is 2.21. The van der Waals surface area contributed by atoms with Crippen LogP contribution < -0.4 is 5.73 Å². The summed E-state index contributed by atoms with van der Waals surface area (Å²) in [4.78, 5) is 10.4. The van der Waals surface area contributed by atoms with Crippen LogP contribution in [0.2, 0.25) is 5.02 Å². The predicted octanol–water partition coefficient (Wildman–Crippen LogP) is 1.51. The lowest BCUT2D eigenvalue weighted by Gasteiger charge is -2.15. The Balaban J connectivity index is 2.74. The number of benzene rings is 1. The van der Waals surface area contributed by atoms with E-state index in [0.717, 1.165) is 5.56 Å². The van der Waals surface area contributed by atoms with E-state index in [-0.39, 0.29) is 19.1 Å². The van der Waals surface area contributed by atoms with Gasteiger partial charge in [-0.3, -0.25) is 0 Å². The van der Waals surface area contributed by atoms with Crippen molar-refractivity contribution in [3.05, 3.63) is 34.9 Å². The van der Waals surface area contributed by atoms with Gasteiger partial charge in [-0.2, -0.15) is 0 Å². The maximum atomic E-state index is 10.4. The van der Waals surface area contributed by atoms with Gasteiger partial charge in [0.2, 0.25) is 0 Å². The fourth-order valence-corrected chi connectivity index (χ4v) is 1.52. The van der Waals surface area contributed by atoms with E-state index >= 15 is 0 Å². The third-order valence-electron chi connectivity index (χ3n) is 1.99. The lowest BCUT2D eigenvalue weighted by atomic mass is 10.0. The minimum Gasteiger partial charge on any atom is -0.449 e. The van der Waals surface area contributed by atoms with Crippen LogP contribution in [0.25, 0.3) is 0 Å². The van der Waals surface area contributed by atoms with Crippen LogP contribution in [-0.4, -0.2) is 24.4 Å². The van der Waals surface area contributed by atoms with E-state index in [1.165, 1.54) is 0 Å². The van der Waals surface area contributed by atoms with Crippen molar-refractivity contribution in [1.29, 1.82) is 0 Å². The molecular weight excluding hydrogens is 218 g/mol. The third kappa shape index (κ3) is 3.42. The van der Waals surface area contributed by atoms with Crippen molar-refractivity contribution in [1.82, 2.24) is 0 Å². The van der Waals surface area contributed by atoms with Crippen molar-refractivity contribution < 1.29 is 14.6 Å². The number of amides is 1. The van der Waals surface area contributed by atoms with E-state index in [2.05, 4.69) is 4.74 Å². The van der Waals surface area contributed by atoms with Crippen molar-refractivity contribution in [3.63, 3.8) is 0 Å². The summed E-state index contributed by atoms with van der Waals surface area (Å²) < 4.78 is 4.62. The minimum atomic E-state index is -0.861. The molecule has 0 unspecified atom stereocenters. The van der Waals surface area contributed by atoms with Gasteiger partial charge in [0.1, 0.15) is 6.61 Å². The topological polar surface area (TPSA) is 72.6 Å². The Morgan fingerprint density at radius 3 is 2.73 bits per heavy atom. The second kappa shape index (κ2) is 5.58. The summed E-state index contributed by atoms with van der Waals surface area (Å²) >= 11 is 5.93. The molecule has 15 heavy (non-hydrogen) atoms. The first-order chi connectivity index (χ1) is 7.15. The molecule has 0 aliphatic carbocycles. The quantitative estimate of drug-likeness (QED) is 0.822. The Labute approximate surface area is 92.6 Å². The number of carbonyl (C=O) groups excluding carboxylic acids is 1. The molecular formula is C10H12ClNO3. The van der Waals surface area contributed by atoms with E-state index in [9.17, 15) is 4.79 Å². The molecule has 0 saturated heterocycles. The van der Waals surface area contributed by atoms with E-state index < -0.39 is 6.09 Å². The smallest absolute Gasteiger partial charge is 0.404 e. The highest BCUT2D eigenvalue weighted by atomic mass is 35.5. The zero-order chi connectivity index (χ0) is 11.3. The minimum absolute atomic E-state index is 0.0234. The number of nitrogens with two attached hydrogens (primary N) is 1. The predicted molar refractivity (Wildman–Crippen MR) is 56.8 cm³/mol. The lowest BCUT2D eigenvalue weighted by Crippen LogP contribution is -2.20. The van der Waals surface area contributed by atoms with E-state index in [1.807, 2.05) is 0 Å². The van der Waals surface area contributed by atoms with Crippen LogP contribution in [0.5, 0.6) is 0 Å². The molecule has 0 aliphatic rings. The SMILES string of the molecule is NC(=O)OC[C@@H](CO)c1ccccc1Cl. The molecule has 5 heteroatoms. The highest BCUT2D eigenvalue weighted by Gasteiger charge is 2.14. The van der Waals surface area contributed by atoms with Gasteiger partial charge in [-0.05, 0) is 11.6 Å². The zero-order valence-corrected chi connectivity index (χ0v) is 8.78. The molecule has 0 aromatic heterocycles. The molecule has 1 amide bonds. The molecule has 0 heterocycles. The van der Waals surface area contributed by atoms with Crippen molar-refractivity contribution >= 4 is 17.7 Å². The van der Waals surface area contributed by atoms with Gasteiger partial charge in [0.15, 0.2) is 0 Å². The molecule has 1 atom stereocenters. The van der Waals surface area contributed by atoms with Crippen LogP contribution in [0, 0.1) is 0 Å². The first kappa shape index (κ1) is 11.8. The van der Waals surface area contributed by atoms with Gasteiger partial charge >= 0.3 is 6.09 Å². The number of hydrogen-bond donors (Lipinski definition) is 2. The van der Waals surface area contributed by atoms with Gasteiger partial charge in [0.25, 0.3) is 0 Å². The van der Waals surface area contributed by atoms with Crippen LogP contribution in [-0.2, 0) is 4.74 Å².